The summed E-state index contributed by atoms with van der Waals surface area (Å²) in [6.07, 6.45) is 10.5. The SMILES string of the molecule is COC1CC(n2c(=O)n(C)c3c(O[C@@H](C)[C@@H]4CCCN4C)nc(-c4onc5c4CCC[C@@]54CCCCC45OCCO5)nc32)C1. The Kier molecular flexibility index (Phi) is 6.93. The van der Waals surface area contributed by atoms with Gasteiger partial charge in [0.15, 0.2) is 17.0 Å². The van der Waals surface area contributed by atoms with E-state index in [1.807, 2.05) is 0 Å². The zero-order valence-corrected chi connectivity index (χ0v) is 26.3. The maximum Gasteiger partial charge on any atom is 0.330 e. The standard InChI is InChI=1S/C32H44N6O6/c1-19(23-10-8-14-36(23)2)43-29-24-28(38(30(39)37(24)3)20-17-21(18-20)40-4)33-27(34-29)25-22-9-7-12-31(26(22)35-44-25)11-5-6-13-32(31)41-15-16-42-32/h19-21,23H,5-18H2,1-4H3/t19-,20?,21?,23-,31-/m0/s1. The lowest BCUT2D eigenvalue weighted by atomic mass is 9.61. The van der Waals surface area contributed by atoms with Gasteiger partial charge in [0.1, 0.15) is 6.10 Å². The topological polar surface area (TPSA) is 119 Å². The first kappa shape index (κ1) is 28.7. The summed E-state index contributed by atoms with van der Waals surface area (Å²) in [5.41, 5.74) is 2.66. The Morgan fingerprint density at radius 2 is 1.80 bits per heavy atom. The zero-order chi connectivity index (χ0) is 30.2. The lowest BCUT2D eigenvalue weighted by molar-refractivity contribution is -0.231. The van der Waals surface area contributed by atoms with Crippen molar-refractivity contribution < 1.29 is 23.5 Å². The van der Waals surface area contributed by atoms with Gasteiger partial charge in [-0.15, -0.1) is 0 Å². The molecule has 0 aromatic carbocycles. The van der Waals surface area contributed by atoms with Crippen LogP contribution < -0.4 is 10.4 Å². The minimum Gasteiger partial charge on any atom is -0.471 e. The highest BCUT2D eigenvalue weighted by atomic mass is 16.7. The molecule has 2 spiro atoms. The van der Waals surface area contributed by atoms with Crippen LogP contribution in [0.4, 0.5) is 0 Å². The Hall–Kier alpha value is -2.80. The van der Waals surface area contributed by atoms with E-state index in [4.69, 9.17) is 38.6 Å². The fourth-order valence-corrected chi connectivity index (χ4v) is 8.95. The van der Waals surface area contributed by atoms with Gasteiger partial charge in [-0.05, 0) is 78.3 Å². The van der Waals surface area contributed by atoms with Crippen molar-refractivity contribution in [2.24, 2.45) is 7.05 Å². The van der Waals surface area contributed by atoms with Gasteiger partial charge in [-0.2, -0.15) is 4.98 Å². The molecule has 2 saturated heterocycles. The van der Waals surface area contributed by atoms with Gasteiger partial charge >= 0.3 is 5.69 Å². The van der Waals surface area contributed by atoms with Crippen molar-refractivity contribution in [1.82, 2.24) is 29.2 Å². The average molecular weight is 609 g/mol. The number of rotatable bonds is 6. The number of hydrogen-bond acceptors (Lipinski definition) is 10. The summed E-state index contributed by atoms with van der Waals surface area (Å²) in [5.74, 6) is 0.719. The first-order valence-corrected chi connectivity index (χ1v) is 16.5. The first-order chi connectivity index (χ1) is 21.4. The summed E-state index contributed by atoms with van der Waals surface area (Å²) >= 11 is 0. The average Bonchev–Trinajstić information content (AvgIpc) is 3.79. The summed E-state index contributed by atoms with van der Waals surface area (Å²) in [6, 6.07) is 0.263. The number of hydrogen-bond donors (Lipinski definition) is 0. The van der Waals surface area contributed by atoms with Crippen LogP contribution in [0, 0.1) is 0 Å². The van der Waals surface area contributed by atoms with E-state index < -0.39 is 5.79 Å². The van der Waals surface area contributed by atoms with E-state index in [9.17, 15) is 4.79 Å². The predicted molar refractivity (Wildman–Crippen MR) is 161 cm³/mol. The van der Waals surface area contributed by atoms with Crippen molar-refractivity contribution in [3.63, 3.8) is 0 Å². The molecule has 3 aromatic heterocycles. The molecule has 3 aliphatic carbocycles. The van der Waals surface area contributed by atoms with Crippen molar-refractivity contribution in [3.8, 4) is 17.5 Å². The van der Waals surface area contributed by atoms with Gasteiger partial charge in [0.05, 0.1) is 30.4 Å². The van der Waals surface area contributed by atoms with Crippen molar-refractivity contribution in [2.75, 3.05) is 33.9 Å². The molecule has 2 aliphatic heterocycles. The predicted octanol–water partition coefficient (Wildman–Crippen LogP) is 3.89. The molecular weight excluding hydrogens is 564 g/mol. The monoisotopic (exact) mass is 608 g/mol. The van der Waals surface area contributed by atoms with Gasteiger partial charge in [-0.3, -0.25) is 14.0 Å². The summed E-state index contributed by atoms with van der Waals surface area (Å²) < 4.78 is 34.7. The number of ether oxygens (including phenoxy) is 4. The number of methoxy groups -OCH3 is 1. The molecule has 3 aromatic rings. The molecule has 8 rings (SSSR count). The summed E-state index contributed by atoms with van der Waals surface area (Å²) in [6.45, 7) is 4.34. The summed E-state index contributed by atoms with van der Waals surface area (Å²) in [4.78, 5) is 26.2. The first-order valence-electron chi connectivity index (χ1n) is 16.5. The summed E-state index contributed by atoms with van der Waals surface area (Å²) in [7, 11) is 5.64. The molecule has 44 heavy (non-hydrogen) atoms. The molecule has 3 atom stereocenters. The van der Waals surface area contributed by atoms with Gasteiger partial charge in [0.25, 0.3) is 0 Å². The molecule has 238 valence electrons. The highest BCUT2D eigenvalue weighted by Gasteiger charge is 2.61. The van der Waals surface area contributed by atoms with E-state index in [2.05, 4.69) is 18.9 Å². The van der Waals surface area contributed by atoms with Gasteiger partial charge in [0.2, 0.25) is 17.5 Å². The van der Waals surface area contributed by atoms with E-state index in [-0.39, 0.29) is 35.4 Å². The minimum atomic E-state index is -0.654. The second-order valence-electron chi connectivity index (χ2n) is 13.7. The van der Waals surface area contributed by atoms with Crippen molar-refractivity contribution in [2.45, 2.75) is 113 Å². The van der Waals surface area contributed by atoms with Crippen molar-refractivity contribution in [1.29, 1.82) is 0 Å². The van der Waals surface area contributed by atoms with Crippen LogP contribution >= 0.6 is 0 Å². The van der Waals surface area contributed by atoms with E-state index in [1.165, 1.54) is 0 Å². The molecule has 0 N–H and O–H groups in total. The third-order valence-electron chi connectivity index (χ3n) is 11.4. The lowest BCUT2D eigenvalue weighted by Gasteiger charge is -2.50. The fraction of sp³-hybridized carbons (Fsp3) is 0.750. The van der Waals surface area contributed by atoms with Crippen LogP contribution in [0.25, 0.3) is 22.7 Å². The van der Waals surface area contributed by atoms with Crippen LogP contribution in [0.5, 0.6) is 5.88 Å². The smallest absolute Gasteiger partial charge is 0.330 e. The Bertz CT molecular complexity index is 1620. The Morgan fingerprint density at radius 1 is 1.02 bits per heavy atom. The highest BCUT2D eigenvalue weighted by Crippen LogP contribution is 2.57. The Labute approximate surface area is 257 Å². The van der Waals surface area contributed by atoms with Gasteiger partial charge in [-0.25, -0.2) is 9.78 Å². The molecule has 5 aliphatic rings. The number of aromatic nitrogens is 5. The van der Waals surface area contributed by atoms with Crippen LogP contribution in [0.3, 0.4) is 0 Å². The molecule has 12 nitrogen and oxygen atoms in total. The maximum absolute atomic E-state index is 13.7. The van der Waals surface area contributed by atoms with Crippen LogP contribution in [-0.2, 0) is 33.1 Å². The fourth-order valence-electron chi connectivity index (χ4n) is 8.95. The molecule has 12 heteroatoms. The van der Waals surface area contributed by atoms with Crippen LogP contribution in [0.1, 0.15) is 88.4 Å². The number of fused-ring (bicyclic) bond motifs is 4. The third-order valence-corrected chi connectivity index (χ3v) is 11.4. The minimum absolute atomic E-state index is 0.00388. The quantitative estimate of drug-likeness (QED) is 0.408. The molecule has 0 amide bonds. The molecule has 0 bridgehead atoms. The molecule has 0 unspecified atom stereocenters. The van der Waals surface area contributed by atoms with Gasteiger partial charge in [0, 0.05) is 38.2 Å². The van der Waals surface area contributed by atoms with Gasteiger partial charge in [-0.1, -0.05) is 11.6 Å². The lowest BCUT2D eigenvalue weighted by Crippen LogP contribution is -2.56. The number of imidazole rings is 1. The molecule has 5 heterocycles. The van der Waals surface area contributed by atoms with Crippen LogP contribution in [0.15, 0.2) is 9.32 Å². The van der Waals surface area contributed by atoms with E-state index in [0.29, 0.717) is 41.8 Å². The largest absolute Gasteiger partial charge is 0.471 e. The number of likely N-dealkylation sites (N-methyl/N-ethyl adjacent to an activating group) is 1. The van der Waals surface area contributed by atoms with Gasteiger partial charge < -0.3 is 23.5 Å². The third kappa shape index (κ3) is 4.09. The maximum atomic E-state index is 13.7. The Balaban J connectivity index is 1.27. The van der Waals surface area contributed by atoms with Crippen molar-refractivity contribution in [3.05, 3.63) is 21.7 Å². The summed E-state index contributed by atoms with van der Waals surface area (Å²) in [5, 5.41) is 4.75. The Morgan fingerprint density at radius 3 is 2.55 bits per heavy atom. The number of nitrogens with zero attached hydrogens (tertiary/aromatic N) is 6. The van der Waals surface area contributed by atoms with E-state index in [0.717, 1.165) is 88.4 Å². The number of likely N-dealkylation sites (tertiary alicyclic amines) is 1. The van der Waals surface area contributed by atoms with Crippen molar-refractivity contribution >= 4 is 11.2 Å². The zero-order valence-electron chi connectivity index (χ0n) is 26.3. The van der Waals surface area contributed by atoms with E-state index >= 15 is 0 Å². The molecule has 2 saturated carbocycles. The van der Waals surface area contributed by atoms with E-state index in [1.54, 1.807) is 23.3 Å². The normalized spacial score (nSPS) is 30.7. The second-order valence-corrected chi connectivity index (χ2v) is 13.7. The molecule has 4 fully saturated rings. The van der Waals surface area contributed by atoms with Crippen LogP contribution in [0.2, 0.25) is 0 Å². The van der Waals surface area contributed by atoms with Crippen LogP contribution in [-0.4, -0.2) is 87.1 Å². The highest BCUT2D eigenvalue weighted by molar-refractivity contribution is 5.80. The second kappa shape index (κ2) is 10.6. The molecule has 0 radical (unpaired) electrons. The number of aryl methyl sites for hydroxylation is 1. The molecular formula is C32H44N6O6.